The molecule has 0 saturated carbocycles. The molecule has 3 heteroatoms. The van der Waals surface area contributed by atoms with Crippen LogP contribution in [0.4, 0.5) is 8.78 Å². The SMILES string of the molecule is C=C(C)C(O)(F)F. The normalized spacial score (nSPS) is 11.4. The summed E-state index contributed by atoms with van der Waals surface area (Å²) in [5, 5.41) is 7.66. The van der Waals surface area contributed by atoms with Crippen LogP contribution in [-0.4, -0.2) is 11.2 Å². The van der Waals surface area contributed by atoms with E-state index in [1.54, 1.807) is 0 Å². The molecule has 0 aliphatic carbocycles. The van der Waals surface area contributed by atoms with Gasteiger partial charge in [-0.2, -0.15) is 8.78 Å². The summed E-state index contributed by atoms with van der Waals surface area (Å²) in [5.74, 6) is 0. The molecule has 0 bridgehead atoms. The maximum atomic E-state index is 11.3. The van der Waals surface area contributed by atoms with Crippen molar-refractivity contribution < 1.29 is 13.9 Å². The van der Waals surface area contributed by atoms with Gasteiger partial charge in [-0.05, 0) is 6.92 Å². The van der Waals surface area contributed by atoms with Crippen molar-refractivity contribution in [1.29, 1.82) is 0 Å². The minimum absolute atomic E-state index is 0.535. The van der Waals surface area contributed by atoms with Crippen molar-refractivity contribution in [3.63, 3.8) is 0 Å². The first-order valence-electron chi connectivity index (χ1n) is 1.71. The van der Waals surface area contributed by atoms with Gasteiger partial charge in [0.1, 0.15) is 0 Å². The van der Waals surface area contributed by atoms with Crippen LogP contribution in [0.1, 0.15) is 6.92 Å². The summed E-state index contributed by atoms with van der Waals surface area (Å²) in [7, 11) is 0. The van der Waals surface area contributed by atoms with Gasteiger partial charge < -0.3 is 5.11 Å². The zero-order valence-corrected chi connectivity index (χ0v) is 3.91. The third-order valence-electron chi connectivity index (χ3n) is 0.513. The average molecular weight is 108 g/mol. The summed E-state index contributed by atoms with van der Waals surface area (Å²) in [4.78, 5) is 0. The van der Waals surface area contributed by atoms with Gasteiger partial charge in [-0.3, -0.25) is 0 Å². The lowest BCUT2D eigenvalue weighted by Crippen LogP contribution is -2.14. The highest BCUT2D eigenvalue weighted by Gasteiger charge is 2.24. The van der Waals surface area contributed by atoms with Crippen molar-refractivity contribution in [3.05, 3.63) is 12.2 Å². The van der Waals surface area contributed by atoms with E-state index in [-0.39, 0.29) is 0 Å². The van der Waals surface area contributed by atoms with Crippen molar-refractivity contribution in [1.82, 2.24) is 0 Å². The third-order valence-corrected chi connectivity index (χ3v) is 0.513. The maximum absolute atomic E-state index is 11.3. The first-order valence-corrected chi connectivity index (χ1v) is 1.71. The van der Waals surface area contributed by atoms with Gasteiger partial charge in [0.15, 0.2) is 0 Å². The number of hydrogen-bond donors (Lipinski definition) is 1. The van der Waals surface area contributed by atoms with Crippen LogP contribution in [0.25, 0.3) is 0 Å². The lowest BCUT2D eigenvalue weighted by Gasteiger charge is -2.04. The Morgan fingerprint density at radius 3 is 1.86 bits per heavy atom. The van der Waals surface area contributed by atoms with E-state index in [2.05, 4.69) is 6.58 Å². The van der Waals surface area contributed by atoms with Gasteiger partial charge in [-0.15, -0.1) is 0 Å². The Hall–Kier alpha value is -0.440. The standard InChI is InChI=1S/C4H6F2O/c1-3(2)4(5,6)7/h7H,1H2,2H3. The fraction of sp³-hybridized carbons (Fsp3) is 0.500. The minimum atomic E-state index is -3.69. The van der Waals surface area contributed by atoms with Crippen LogP contribution in [0.15, 0.2) is 12.2 Å². The maximum Gasteiger partial charge on any atom is 0.376 e. The summed E-state index contributed by atoms with van der Waals surface area (Å²) in [6.07, 6.45) is -3.69. The lowest BCUT2D eigenvalue weighted by molar-refractivity contribution is -0.164. The predicted octanol–water partition coefficient (Wildman–Crippen LogP) is 1.15. The quantitative estimate of drug-likeness (QED) is 0.499. The highest BCUT2D eigenvalue weighted by molar-refractivity contribution is 4.96. The number of aliphatic hydroxyl groups is 1. The molecule has 0 aromatic carbocycles. The molecule has 0 saturated heterocycles. The average Bonchev–Trinajstić information content (AvgIpc) is 1.31. The van der Waals surface area contributed by atoms with Gasteiger partial charge in [0.05, 0.1) is 0 Å². The fourth-order valence-corrected chi connectivity index (χ4v) is 0. The van der Waals surface area contributed by atoms with Crippen LogP contribution in [0, 0.1) is 0 Å². The minimum Gasteiger partial charge on any atom is -0.333 e. The van der Waals surface area contributed by atoms with Crippen molar-refractivity contribution in [2.75, 3.05) is 0 Å². The molecular formula is C4H6F2O. The van der Waals surface area contributed by atoms with Crippen LogP contribution in [-0.2, 0) is 0 Å². The van der Waals surface area contributed by atoms with Gasteiger partial charge in [0.2, 0.25) is 0 Å². The van der Waals surface area contributed by atoms with E-state index >= 15 is 0 Å². The predicted molar refractivity (Wildman–Crippen MR) is 22.0 cm³/mol. The van der Waals surface area contributed by atoms with Crippen LogP contribution in [0.3, 0.4) is 0 Å². The van der Waals surface area contributed by atoms with Crippen LogP contribution in [0.5, 0.6) is 0 Å². The highest BCUT2D eigenvalue weighted by atomic mass is 19.3. The Morgan fingerprint density at radius 2 is 1.86 bits per heavy atom. The van der Waals surface area contributed by atoms with Crippen LogP contribution < -0.4 is 0 Å². The molecule has 7 heavy (non-hydrogen) atoms. The van der Waals surface area contributed by atoms with Gasteiger partial charge in [-0.1, -0.05) is 6.58 Å². The first-order chi connectivity index (χ1) is 2.94. The van der Waals surface area contributed by atoms with Crippen molar-refractivity contribution >= 4 is 0 Å². The number of rotatable bonds is 1. The van der Waals surface area contributed by atoms with Crippen LogP contribution >= 0.6 is 0 Å². The molecule has 0 aromatic heterocycles. The summed E-state index contributed by atoms with van der Waals surface area (Å²) >= 11 is 0. The van der Waals surface area contributed by atoms with Gasteiger partial charge in [0, 0.05) is 5.57 Å². The molecule has 0 spiro atoms. The lowest BCUT2D eigenvalue weighted by atomic mass is 10.3. The fourth-order valence-electron chi connectivity index (χ4n) is 0. The van der Waals surface area contributed by atoms with E-state index in [9.17, 15) is 8.78 Å². The second-order valence-corrected chi connectivity index (χ2v) is 1.32. The third kappa shape index (κ3) is 2.28. The second kappa shape index (κ2) is 1.58. The van der Waals surface area contributed by atoms with Gasteiger partial charge >= 0.3 is 6.11 Å². The molecule has 0 radical (unpaired) electrons. The number of halogens is 2. The molecule has 1 nitrogen and oxygen atoms in total. The molecule has 0 rings (SSSR count). The van der Waals surface area contributed by atoms with E-state index in [0.29, 0.717) is 0 Å². The van der Waals surface area contributed by atoms with E-state index in [4.69, 9.17) is 5.11 Å². The zero-order chi connectivity index (χ0) is 6.08. The van der Waals surface area contributed by atoms with E-state index in [0.717, 1.165) is 6.92 Å². The first kappa shape index (κ1) is 6.56. The Balaban J connectivity index is 3.79. The highest BCUT2D eigenvalue weighted by Crippen LogP contribution is 2.16. The molecular weight excluding hydrogens is 102 g/mol. The Morgan fingerprint density at radius 1 is 1.71 bits per heavy atom. The zero-order valence-electron chi connectivity index (χ0n) is 3.91. The smallest absolute Gasteiger partial charge is 0.333 e. The molecule has 0 atom stereocenters. The van der Waals surface area contributed by atoms with E-state index < -0.39 is 11.7 Å². The molecule has 0 heterocycles. The molecule has 1 N–H and O–H groups in total. The van der Waals surface area contributed by atoms with Crippen molar-refractivity contribution in [2.45, 2.75) is 13.0 Å². The Labute approximate surface area is 40.3 Å². The van der Waals surface area contributed by atoms with Crippen molar-refractivity contribution in [3.8, 4) is 0 Å². The molecule has 42 valence electrons. The summed E-state index contributed by atoms with van der Waals surface area (Å²) in [6, 6.07) is 0. The Bertz CT molecular complexity index is 82.2. The number of hydrogen-bond acceptors (Lipinski definition) is 1. The largest absolute Gasteiger partial charge is 0.376 e. The summed E-state index contributed by atoms with van der Waals surface area (Å²) < 4.78 is 22.6. The van der Waals surface area contributed by atoms with Crippen molar-refractivity contribution in [2.24, 2.45) is 0 Å². The van der Waals surface area contributed by atoms with E-state index in [1.165, 1.54) is 0 Å². The van der Waals surface area contributed by atoms with E-state index in [1.807, 2.05) is 0 Å². The number of alkyl halides is 2. The van der Waals surface area contributed by atoms with Crippen LogP contribution in [0.2, 0.25) is 0 Å². The second-order valence-electron chi connectivity index (χ2n) is 1.32. The molecule has 0 aliphatic heterocycles. The molecule has 0 unspecified atom stereocenters. The summed E-state index contributed by atoms with van der Waals surface area (Å²) in [6.45, 7) is 3.88. The topological polar surface area (TPSA) is 20.2 Å². The monoisotopic (exact) mass is 108 g/mol. The molecule has 0 fully saturated rings. The molecule has 0 aliphatic rings. The Kier molecular flexibility index (Phi) is 1.48. The molecule has 0 aromatic rings. The van der Waals surface area contributed by atoms with Gasteiger partial charge in [-0.25, -0.2) is 0 Å². The molecule has 0 amide bonds. The summed E-state index contributed by atoms with van der Waals surface area (Å²) in [5.41, 5.74) is -0.535. The van der Waals surface area contributed by atoms with Gasteiger partial charge in [0.25, 0.3) is 0 Å².